The maximum atomic E-state index is 12.9. The fraction of sp³-hybridized carbons (Fsp3) is 0.300. The third-order valence-electron chi connectivity index (χ3n) is 4.96. The highest BCUT2D eigenvalue weighted by molar-refractivity contribution is 7.89. The number of aromatic nitrogens is 1. The van der Waals surface area contributed by atoms with Gasteiger partial charge in [-0.1, -0.05) is 29.5 Å². The number of hydrogen-bond acceptors (Lipinski definition) is 6. The van der Waals surface area contributed by atoms with Gasteiger partial charge in [0, 0.05) is 13.1 Å². The summed E-state index contributed by atoms with van der Waals surface area (Å²) >= 11 is 1.37. The molecule has 3 aromatic rings. The highest BCUT2D eigenvalue weighted by Gasteiger charge is 2.33. The fourth-order valence-corrected chi connectivity index (χ4v) is 5.85. The lowest BCUT2D eigenvalue weighted by atomic mass is 9.99. The minimum atomic E-state index is -3.60. The van der Waals surface area contributed by atoms with Crippen molar-refractivity contribution in [3.63, 3.8) is 0 Å². The molecule has 29 heavy (non-hydrogen) atoms. The van der Waals surface area contributed by atoms with Crippen molar-refractivity contribution >= 4 is 42.6 Å². The molecule has 1 saturated heterocycles. The van der Waals surface area contributed by atoms with E-state index in [0.29, 0.717) is 24.5 Å². The Morgan fingerprint density at radius 3 is 2.79 bits per heavy atom. The second-order valence-corrected chi connectivity index (χ2v) is 9.83. The first-order valence-electron chi connectivity index (χ1n) is 9.28. The number of piperidine rings is 1. The largest absolute Gasteiger partial charge is 0.497 e. The van der Waals surface area contributed by atoms with Gasteiger partial charge in [0.1, 0.15) is 5.75 Å². The molecule has 152 valence electrons. The second-order valence-electron chi connectivity index (χ2n) is 6.86. The first-order valence-corrected chi connectivity index (χ1v) is 11.5. The minimum absolute atomic E-state index is 0.168. The van der Waals surface area contributed by atoms with Gasteiger partial charge < -0.3 is 10.1 Å². The van der Waals surface area contributed by atoms with E-state index >= 15 is 0 Å². The summed E-state index contributed by atoms with van der Waals surface area (Å²) in [6.45, 7) is 0.587. The van der Waals surface area contributed by atoms with Gasteiger partial charge in [-0.3, -0.25) is 4.79 Å². The Morgan fingerprint density at radius 1 is 1.24 bits per heavy atom. The van der Waals surface area contributed by atoms with Gasteiger partial charge in [-0.05, 0) is 43.2 Å². The number of anilines is 1. The molecule has 0 saturated carbocycles. The van der Waals surface area contributed by atoms with Gasteiger partial charge in [-0.2, -0.15) is 4.31 Å². The average Bonchev–Trinajstić information content (AvgIpc) is 3.15. The normalized spacial score (nSPS) is 17.9. The van der Waals surface area contributed by atoms with E-state index in [0.717, 1.165) is 16.0 Å². The zero-order valence-electron chi connectivity index (χ0n) is 15.9. The Bertz CT molecular complexity index is 1130. The van der Waals surface area contributed by atoms with Gasteiger partial charge >= 0.3 is 0 Å². The number of methoxy groups -OCH3 is 1. The number of nitrogens with one attached hydrogen (secondary N) is 1. The first kappa shape index (κ1) is 19.8. The standard InChI is InChI=1S/C20H21N3O4S2/c1-27-15-9-10-17-18(12-15)28-20(21-17)22-19(24)14-6-5-11-23(13-14)29(25,26)16-7-3-2-4-8-16/h2-4,7-10,12,14H,5-6,11,13H2,1H3,(H,21,22,24). The molecule has 1 atom stereocenters. The number of nitrogens with zero attached hydrogens (tertiary/aromatic N) is 2. The number of carbonyl (C=O) groups is 1. The van der Waals surface area contributed by atoms with Gasteiger partial charge in [0.2, 0.25) is 15.9 Å². The molecule has 2 aromatic carbocycles. The lowest BCUT2D eigenvalue weighted by Crippen LogP contribution is -2.43. The van der Waals surface area contributed by atoms with Crippen LogP contribution in [0.4, 0.5) is 5.13 Å². The molecular weight excluding hydrogens is 410 g/mol. The summed E-state index contributed by atoms with van der Waals surface area (Å²) in [7, 11) is -2.00. The molecule has 1 aliphatic rings. The third kappa shape index (κ3) is 4.12. The van der Waals surface area contributed by atoms with Crippen molar-refractivity contribution in [2.75, 3.05) is 25.5 Å². The van der Waals surface area contributed by atoms with Crippen LogP contribution in [0.1, 0.15) is 12.8 Å². The predicted octanol–water partition coefficient (Wildman–Crippen LogP) is 3.34. The van der Waals surface area contributed by atoms with Crippen LogP contribution in [0.25, 0.3) is 10.2 Å². The van der Waals surface area contributed by atoms with Crippen molar-refractivity contribution in [1.82, 2.24) is 9.29 Å². The zero-order valence-corrected chi connectivity index (χ0v) is 17.5. The molecule has 2 heterocycles. The number of carbonyl (C=O) groups excluding carboxylic acids is 1. The van der Waals surface area contributed by atoms with E-state index in [2.05, 4.69) is 10.3 Å². The highest BCUT2D eigenvalue weighted by atomic mass is 32.2. The molecule has 0 spiro atoms. The van der Waals surface area contributed by atoms with E-state index in [4.69, 9.17) is 4.74 Å². The van der Waals surface area contributed by atoms with Gasteiger partial charge in [-0.25, -0.2) is 13.4 Å². The van der Waals surface area contributed by atoms with Crippen LogP contribution in [0.3, 0.4) is 0 Å². The molecule has 7 nitrogen and oxygen atoms in total. The monoisotopic (exact) mass is 431 g/mol. The van der Waals surface area contributed by atoms with Crippen molar-refractivity contribution < 1.29 is 17.9 Å². The molecule has 1 aliphatic heterocycles. The predicted molar refractivity (Wildman–Crippen MR) is 113 cm³/mol. The van der Waals surface area contributed by atoms with Crippen LogP contribution in [0.2, 0.25) is 0 Å². The second kappa shape index (κ2) is 8.10. The van der Waals surface area contributed by atoms with Crippen LogP contribution >= 0.6 is 11.3 Å². The Hall–Kier alpha value is -2.49. The van der Waals surface area contributed by atoms with Crippen molar-refractivity contribution in [1.29, 1.82) is 0 Å². The first-order chi connectivity index (χ1) is 14.0. The maximum absolute atomic E-state index is 12.9. The molecule has 1 unspecified atom stereocenters. The minimum Gasteiger partial charge on any atom is -0.497 e. The number of benzene rings is 2. The fourth-order valence-electron chi connectivity index (χ4n) is 3.41. The van der Waals surface area contributed by atoms with Crippen LogP contribution in [-0.2, 0) is 14.8 Å². The quantitative estimate of drug-likeness (QED) is 0.669. The van der Waals surface area contributed by atoms with Crippen LogP contribution in [-0.4, -0.2) is 43.8 Å². The SMILES string of the molecule is COc1ccc2nc(NC(=O)C3CCCN(S(=O)(=O)c4ccccc4)C3)sc2c1. The van der Waals surface area contributed by atoms with Crippen molar-refractivity contribution in [2.45, 2.75) is 17.7 Å². The van der Waals surface area contributed by atoms with Gasteiger partial charge in [0.05, 0.1) is 28.1 Å². The number of sulfonamides is 1. The molecule has 4 rings (SSSR count). The van der Waals surface area contributed by atoms with Gasteiger partial charge in [0.25, 0.3) is 0 Å². The average molecular weight is 432 g/mol. The number of ether oxygens (including phenoxy) is 1. The van der Waals surface area contributed by atoms with E-state index in [-0.39, 0.29) is 17.3 Å². The number of rotatable bonds is 5. The van der Waals surface area contributed by atoms with Crippen LogP contribution in [0.15, 0.2) is 53.4 Å². The molecule has 0 aliphatic carbocycles. The van der Waals surface area contributed by atoms with E-state index < -0.39 is 15.9 Å². The van der Waals surface area contributed by atoms with E-state index in [1.807, 2.05) is 18.2 Å². The molecule has 1 aromatic heterocycles. The topological polar surface area (TPSA) is 88.6 Å². The number of hydrogen-bond donors (Lipinski definition) is 1. The number of amides is 1. The Morgan fingerprint density at radius 2 is 2.03 bits per heavy atom. The summed E-state index contributed by atoms with van der Waals surface area (Å²) < 4.78 is 33.3. The summed E-state index contributed by atoms with van der Waals surface area (Å²) in [5.74, 6) is 0.112. The summed E-state index contributed by atoms with van der Waals surface area (Å²) in [6, 6.07) is 13.9. The summed E-state index contributed by atoms with van der Waals surface area (Å²) in [5.41, 5.74) is 0.781. The highest BCUT2D eigenvalue weighted by Crippen LogP contribution is 2.30. The van der Waals surface area contributed by atoms with Crippen molar-refractivity contribution in [3.8, 4) is 5.75 Å². The summed E-state index contributed by atoms with van der Waals surface area (Å²) in [4.78, 5) is 17.5. The van der Waals surface area contributed by atoms with E-state index in [9.17, 15) is 13.2 Å². The summed E-state index contributed by atoms with van der Waals surface area (Å²) in [5, 5.41) is 3.36. The molecular formula is C20H21N3O4S2. The molecule has 1 N–H and O–H groups in total. The van der Waals surface area contributed by atoms with Crippen LogP contribution in [0, 0.1) is 5.92 Å². The van der Waals surface area contributed by atoms with Crippen molar-refractivity contribution in [2.24, 2.45) is 5.92 Å². The lowest BCUT2D eigenvalue weighted by molar-refractivity contribution is -0.120. The smallest absolute Gasteiger partial charge is 0.243 e. The Balaban J connectivity index is 1.48. The summed E-state index contributed by atoms with van der Waals surface area (Å²) in [6.07, 6.45) is 1.28. The maximum Gasteiger partial charge on any atom is 0.243 e. The van der Waals surface area contributed by atoms with E-state index in [1.54, 1.807) is 37.4 Å². The molecule has 0 radical (unpaired) electrons. The molecule has 9 heteroatoms. The van der Waals surface area contributed by atoms with E-state index in [1.165, 1.54) is 15.6 Å². The van der Waals surface area contributed by atoms with Gasteiger partial charge in [0.15, 0.2) is 5.13 Å². The number of thiazole rings is 1. The molecule has 0 bridgehead atoms. The number of fused-ring (bicyclic) bond motifs is 1. The van der Waals surface area contributed by atoms with Gasteiger partial charge in [-0.15, -0.1) is 0 Å². The Kier molecular flexibility index (Phi) is 5.53. The van der Waals surface area contributed by atoms with Crippen LogP contribution in [0.5, 0.6) is 5.75 Å². The molecule has 1 amide bonds. The molecule has 1 fully saturated rings. The van der Waals surface area contributed by atoms with Crippen LogP contribution < -0.4 is 10.1 Å². The third-order valence-corrected chi connectivity index (χ3v) is 7.77. The zero-order chi connectivity index (χ0) is 20.4. The Labute approximate surface area is 173 Å². The lowest BCUT2D eigenvalue weighted by Gasteiger charge is -2.31. The van der Waals surface area contributed by atoms with Crippen molar-refractivity contribution in [3.05, 3.63) is 48.5 Å².